The molecule has 0 radical (unpaired) electrons. The molecule has 0 saturated carbocycles. The van der Waals surface area contributed by atoms with Gasteiger partial charge in [-0.25, -0.2) is 14.4 Å². The van der Waals surface area contributed by atoms with Gasteiger partial charge in [0.25, 0.3) is 5.91 Å². The highest BCUT2D eigenvalue weighted by Gasteiger charge is 2.14. The van der Waals surface area contributed by atoms with Gasteiger partial charge in [-0.15, -0.1) is 0 Å². The van der Waals surface area contributed by atoms with Gasteiger partial charge in [0.05, 0.1) is 0 Å². The van der Waals surface area contributed by atoms with Gasteiger partial charge in [0, 0.05) is 30.1 Å². The van der Waals surface area contributed by atoms with E-state index < -0.39 is 5.91 Å². The summed E-state index contributed by atoms with van der Waals surface area (Å²) in [6.45, 7) is 0.257. The van der Waals surface area contributed by atoms with Crippen molar-refractivity contribution < 1.29 is 18.7 Å². The Hall–Kier alpha value is -3.68. The molecule has 0 bridgehead atoms. The normalized spacial score (nSPS) is 11.9. The van der Waals surface area contributed by atoms with Crippen molar-refractivity contribution in [3.8, 4) is 11.5 Å². The molecule has 7 nitrogen and oxygen atoms in total. The van der Waals surface area contributed by atoms with E-state index in [1.165, 1.54) is 18.3 Å². The van der Waals surface area contributed by atoms with E-state index in [-0.39, 0.29) is 30.8 Å². The minimum absolute atomic E-state index is 0.0699. The smallest absolute Gasteiger partial charge is 0.270 e. The molecule has 0 spiro atoms. The number of aromatic nitrogens is 2. The number of carbonyl (C=O) groups is 1. The Kier molecular flexibility index (Phi) is 4.52. The third-order valence-electron chi connectivity index (χ3n) is 3.91. The Labute approximate surface area is 154 Å². The van der Waals surface area contributed by atoms with Crippen LogP contribution in [0.5, 0.6) is 11.5 Å². The summed E-state index contributed by atoms with van der Waals surface area (Å²) in [5.74, 6) is 0.758. The predicted octanol–water partition coefficient (Wildman–Crippen LogP) is 3.02. The molecule has 4 rings (SSSR count). The summed E-state index contributed by atoms with van der Waals surface area (Å²) < 4.78 is 24.2. The quantitative estimate of drug-likeness (QED) is 0.722. The molecule has 2 aromatic carbocycles. The molecule has 0 saturated heterocycles. The number of hydrogen-bond donors (Lipinski definition) is 2. The number of amides is 1. The third kappa shape index (κ3) is 3.79. The highest BCUT2D eigenvalue weighted by Crippen LogP contribution is 2.34. The highest BCUT2D eigenvalue weighted by molar-refractivity contribution is 5.92. The van der Waals surface area contributed by atoms with E-state index in [1.54, 1.807) is 36.4 Å². The molecule has 2 N–H and O–H groups in total. The Balaban J connectivity index is 1.44. The fourth-order valence-corrected chi connectivity index (χ4v) is 2.56. The van der Waals surface area contributed by atoms with Crippen molar-refractivity contribution in [1.29, 1.82) is 0 Å². The summed E-state index contributed by atoms with van der Waals surface area (Å²) >= 11 is 0. The van der Waals surface area contributed by atoms with Crippen LogP contribution in [0.15, 0.2) is 54.7 Å². The lowest BCUT2D eigenvalue weighted by Crippen LogP contribution is -2.24. The van der Waals surface area contributed by atoms with Crippen molar-refractivity contribution in [2.75, 3.05) is 12.1 Å². The van der Waals surface area contributed by atoms with Crippen LogP contribution in [0.3, 0.4) is 0 Å². The average Bonchev–Trinajstić information content (AvgIpc) is 3.15. The largest absolute Gasteiger partial charge is 0.454 e. The molecular weight excluding hydrogens is 351 g/mol. The van der Waals surface area contributed by atoms with Crippen molar-refractivity contribution >= 4 is 17.5 Å². The van der Waals surface area contributed by atoms with Crippen LogP contribution in [0.1, 0.15) is 16.1 Å². The maximum Gasteiger partial charge on any atom is 0.270 e. The summed E-state index contributed by atoms with van der Waals surface area (Å²) in [4.78, 5) is 20.6. The zero-order valence-electron chi connectivity index (χ0n) is 14.1. The number of fused-ring (bicyclic) bond motifs is 1. The number of nitrogens with zero attached hydrogens (tertiary/aromatic N) is 2. The van der Waals surface area contributed by atoms with Gasteiger partial charge in [-0.05, 0) is 24.3 Å². The van der Waals surface area contributed by atoms with Gasteiger partial charge in [0.2, 0.25) is 12.7 Å². The summed E-state index contributed by atoms with van der Waals surface area (Å²) in [5, 5.41) is 5.66. The second-order valence-corrected chi connectivity index (χ2v) is 5.73. The van der Waals surface area contributed by atoms with Gasteiger partial charge in [0.1, 0.15) is 11.5 Å². The maximum absolute atomic E-state index is 13.6. The van der Waals surface area contributed by atoms with Crippen LogP contribution >= 0.6 is 0 Å². The van der Waals surface area contributed by atoms with E-state index in [0.29, 0.717) is 22.7 Å². The van der Waals surface area contributed by atoms with Gasteiger partial charge in [-0.2, -0.15) is 0 Å². The fraction of sp³-hybridized carbons (Fsp3) is 0.105. The molecule has 27 heavy (non-hydrogen) atoms. The average molecular weight is 366 g/mol. The molecular formula is C19H15FN4O3. The van der Waals surface area contributed by atoms with E-state index in [4.69, 9.17) is 9.47 Å². The molecule has 3 aromatic rings. The zero-order valence-corrected chi connectivity index (χ0v) is 14.1. The van der Waals surface area contributed by atoms with Crippen LogP contribution in [0.4, 0.5) is 16.0 Å². The number of carbonyl (C=O) groups excluding carboxylic acids is 1. The molecule has 0 unspecified atom stereocenters. The summed E-state index contributed by atoms with van der Waals surface area (Å²) in [6.07, 6.45) is 1.47. The van der Waals surface area contributed by atoms with E-state index in [9.17, 15) is 9.18 Å². The molecule has 0 aliphatic carbocycles. The molecule has 1 aliphatic rings. The highest BCUT2D eigenvalue weighted by atomic mass is 19.1. The van der Waals surface area contributed by atoms with Gasteiger partial charge >= 0.3 is 0 Å². The van der Waals surface area contributed by atoms with Gasteiger partial charge < -0.3 is 20.1 Å². The van der Waals surface area contributed by atoms with Crippen LogP contribution in [-0.4, -0.2) is 22.7 Å². The van der Waals surface area contributed by atoms with Crippen LogP contribution in [0.2, 0.25) is 0 Å². The molecule has 0 fully saturated rings. The second kappa shape index (κ2) is 7.28. The standard InChI is InChI=1S/C19H15FN4O3/c20-14-4-2-1-3-12(14)10-22-18(25)15-7-8-21-19(24-15)23-13-5-6-16-17(9-13)27-11-26-16/h1-9H,10-11H2,(H,22,25)(H,21,23,24). The SMILES string of the molecule is O=C(NCc1ccccc1F)c1ccnc(Nc2ccc3c(c2)OCO3)n1. The van der Waals surface area contributed by atoms with Crippen molar-refractivity contribution in [3.63, 3.8) is 0 Å². The van der Waals surface area contributed by atoms with Crippen molar-refractivity contribution in [3.05, 3.63) is 71.8 Å². The number of anilines is 2. The molecule has 1 aliphatic heterocycles. The minimum Gasteiger partial charge on any atom is -0.454 e. The van der Waals surface area contributed by atoms with E-state index >= 15 is 0 Å². The van der Waals surface area contributed by atoms with Crippen LogP contribution in [0, 0.1) is 5.82 Å². The Bertz CT molecular complexity index is 996. The number of rotatable bonds is 5. The molecule has 1 aromatic heterocycles. The number of ether oxygens (including phenoxy) is 2. The number of benzene rings is 2. The lowest BCUT2D eigenvalue weighted by molar-refractivity contribution is 0.0945. The maximum atomic E-state index is 13.6. The van der Waals surface area contributed by atoms with Gasteiger partial charge in [-0.1, -0.05) is 18.2 Å². The lowest BCUT2D eigenvalue weighted by Gasteiger charge is -2.08. The fourth-order valence-electron chi connectivity index (χ4n) is 2.56. The number of halogens is 1. The molecule has 136 valence electrons. The molecule has 8 heteroatoms. The lowest BCUT2D eigenvalue weighted by atomic mass is 10.2. The Morgan fingerprint density at radius 3 is 2.85 bits per heavy atom. The van der Waals surface area contributed by atoms with Gasteiger partial charge in [0.15, 0.2) is 11.5 Å². The zero-order chi connectivity index (χ0) is 18.6. The first-order valence-corrected chi connectivity index (χ1v) is 8.20. The van der Waals surface area contributed by atoms with Crippen LogP contribution in [-0.2, 0) is 6.54 Å². The summed E-state index contributed by atoms with van der Waals surface area (Å²) in [6, 6.07) is 13.1. The summed E-state index contributed by atoms with van der Waals surface area (Å²) in [7, 11) is 0. The predicted molar refractivity (Wildman–Crippen MR) is 95.4 cm³/mol. The third-order valence-corrected chi connectivity index (χ3v) is 3.91. The first kappa shape index (κ1) is 16.8. The molecule has 0 atom stereocenters. The summed E-state index contributed by atoms with van der Waals surface area (Å²) in [5.41, 5.74) is 1.27. The number of hydrogen-bond acceptors (Lipinski definition) is 6. The monoisotopic (exact) mass is 366 g/mol. The van der Waals surface area contributed by atoms with Crippen LogP contribution < -0.4 is 20.1 Å². The van der Waals surface area contributed by atoms with Crippen molar-refractivity contribution in [1.82, 2.24) is 15.3 Å². The van der Waals surface area contributed by atoms with Gasteiger partial charge in [-0.3, -0.25) is 4.79 Å². The number of nitrogens with one attached hydrogen (secondary N) is 2. The van der Waals surface area contributed by atoms with Crippen molar-refractivity contribution in [2.45, 2.75) is 6.54 Å². The van der Waals surface area contributed by atoms with Crippen LogP contribution in [0.25, 0.3) is 0 Å². The molecule has 1 amide bonds. The Morgan fingerprint density at radius 2 is 1.96 bits per heavy atom. The topological polar surface area (TPSA) is 85.4 Å². The van der Waals surface area contributed by atoms with E-state index in [2.05, 4.69) is 20.6 Å². The minimum atomic E-state index is -0.422. The van der Waals surface area contributed by atoms with Crippen molar-refractivity contribution in [2.24, 2.45) is 0 Å². The van der Waals surface area contributed by atoms with E-state index in [0.717, 1.165) is 0 Å². The first-order valence-electron chi connectivity index (χ1n) is 8.20. The molecule has 2 heterocycles. The second-order valence-electron chi connectivity index (χ2n) is 5.73. The van der Waals surface area contributed by atoms with E-state index in [1.807, 2.05) is 0 Å². The Morgan fingerprint density at radius 1 is 1.11 bits per heavy atom. The first-order chi connectivity index (χ1) is 13.2.